The molecule has 4 rings (SSSR count). The van der Waals surface area contributed by atoms with Gasteiger partial charge in [-0.2, -0.15) is 0 Å². The quantitative estimate of drug-likeness (QED) is 0.422. The zero-order valence-electron chi connectivity index (χ0n) is 12.9. The van der Waals surface area contributed by atoms with Crippen molar-refractivity contribution in [3.63, 3.8) is 0 Å². The second-order valence-corrected chi connectivity index (χ2v) is 7.49. The van der Waals surface area contributed by atoms with Gasteiger partial charge in [0.1, 0.15) is 10.8 Å². The van der Waals surface area contributed by atoms with Crippen molar-refractivity contribution in [1.29, 1.82) is 0 Å². The van der Waals surface area contributed by atoms with E-state index < -0.39 is 0 Å². The Morgan fingerprint density at radius 1 is 1.08 bits per heavy atom. The Labute approximate surface area is 157 Å². The Morgan fingerprint density at radius 3 is 2.80 bits per heavy atom. The number of aromatic nitrogens is 3. The van der Waals surface area contributed by atoms with Crippen LogP contribution in [0.25, 0.3) is 10.2 Å². The van der Waals surface area contributed by atoms with Gasteiger partial charge in [0.2, 0.25) is 0 Å². The van der Waals surface area contributed by atoms with Crippen LogP contribution in [0.4, 0.5) is 0 Å². The van der Waals surface area contributed by atoms with Crippen LogP contribution in [0, 0.1) is 0 Å². The third kappa shape index (κ3) is 3.95. The van der Waals surface area contributed by atoms with Crippen molar-refractivity contribution in [2.75, 3.05) is 0 Å². The second-order valence-electron chi connectivity index (χ2n) is 5.04. The van der Waals surface area contributed by atoms with E-state index in [1.165, 1.54) is 16.5 Å². The number of fused-ring (bicyclic) bond motifs is 1. The summed E-state index contributed by atoms with van der Waals surface area (Å²) in [6.45, 7) is 0.179. The molecule has 0 aliphatic carbocycles. The third-order valence-electron chi connectivity index (χ3n) is 3.29. The molecule has 5 nitrogen and oxygen atoms in total. The van der Waals surface area contributed by atoms with Crippen LogP contribution < -0.4 is 4.74 Å². The number of hydrogen-bond donors (Lipinski definition) is 0. The number of halogens is 1. The number of para-hydroxylation sites is 2. The van der Waals surface area contributed by atoms with Crippen LogP contribution in [0.5, 0.6) is 5.75 Å². The molecule has 0 aliphatic rings. The summed E-state index contributed by atoms with van der Waals surface area (Å²) in [6.07, 6.45) is 0. The van der Waals surface area contributed by atoms with Gasteiger partial charge in [0.25, 0.3) is 11.1 Å². The molecule has 0 spiro atoms. The first-order chi connectivity index (χ1) is 12.3. The van der Waals surface area contributed by atoms with E-state index in [0.29, 0.717) is 27.6 Å². The lowest BCUT2D eigenvalue weighted by molar-refractivity contribution is 0.252. The Bertz CT molecular complexity index is 969. The summed E-state index contributed by atoms with van der Waals surface area (Å²) >= 11 is 9.18. The fourth-order valence-electron chi connectivity index (χ4n) is 2.16. The summed E-state index contributed by atoms with van der Waals surface area (Å²) in [7, 11) is 0. The fraction of sp³-hybridized carbons (Fsp3) is 0.118. The molecular weight excluding hydrogens is 378 g/mol. The molecule has 0 atom stereocenters. The van der Waals surface area contributed by atoms with Crippen molar-refractivity contribution in [2.45, 2.75) is 17.6 Å². The first-order valence-electron chi connectivity index (χ1n) is 7.45. The smallest absolute Gasteiger partial charge is 0.277 e. The van der Waals surface area contributed by atoms with Crippen LogP contribution >= 0.6 is 34.7 Å². The lowest BCUT2D eigenvalue weighted by Gasteiger charge is -2.04. The van der Waals surface area contributed by atoms with E-state index in [0.717, 1.165) is 10.5 Å². The van der Waals surface area contributed by atoms with Crippen molar-refractivity contribution < 1.29 is 9.15 Å². The van der Waals surface area contributed by atoms with Crippen LogP contribution in [0.15, 0.2) is 58.2 Å². The van der Waals surface area contributed by atoms with Crippen LogP contribution in [0.2, 0.25) is 5.02 Å². The van der Waals surface area contributed by atoms with Crippen molar-refractivity contribution >= 4 is 44.9 Å². The monoisotopic (exact) mass is 389 g/mol. The van der Waals surface area contributed by atoms with Gasteiger partial charge in [-0.1, -0.05) is 47.6 Å². The van der Waals surface area contributed by atoms with Crippen LogP contribution in [0.1, 0.15) is 10.9 Å². The van der Waals surface area contributed by atoms with E-state index in [4.69, 9.17) is 20.8 Å². The molecule has 0 fully saturated rings. The summed E-state index contributed by atoms with van der Waals surface area (Å²) in [5, 5.41) is 10.1. The first-order valence-corrected chi connectivity index (χ1v) is 9.63. The Balaban J connectivity index is 1.35. The SMILES string of the molecule is Clc1ccccc1OCc1nnc(SCc2nc3ccccc3s2)o1. The number of hydrogen-bond acceptors (Lipinski definition) is 7. The standard InChI is InChI=1S/C17H12ClN3O2S2/c18-11-5-1-3-7-13(11)22-9-15-20-21-17(23-15)24-10-16-19-12-6-2-4-8-14(12)25-16/h1-8H,9-10H2. The average Bonchev–Trinajstić information content (AvgIpc) is 3.25. The first kappa shape index (κ1) is 16.4. The van der Waals surface area contributed by atoms with E-state index in [1.807, 2.05) is 30.3 Å². The molecule has 8 heteroatoms. The number of thiazole rings is 1. The number of thioether (sulfide) groups is 1. The molecule has 0 amide bonds. The fourth-order valence-corrected chi connectivity index (χ4v) is 4.09. The van der Waals surface area contributed by atoms with Gasteiger partial charge in [0.15, 0.2) is 6.61 Å². The van der Waals surface area contributed by atoms with Crippen molar-refractivity contribution in [1.82, 2.24) is 15.2 Å². The van der Waals surface area contributed by atoms with E-state index in [2.05, 4.69) is 21.2 Å². The van der Waals surface area contributed by atoms with Crippen LogP contribution in [-0.2, 0) is 12.4 Å². The summed E-state index contributed by atoms with van der Waals surface area (Å²) in [6, 6.07) is 15.3. The molecule has 0 unspecified atom stereocenters. The minimum Gasteiger partial charge on any atom is -0.482 e. The van der Waals surface area contributed by atoms with E-state index in [-0.39, 0.29) is 6.61 Å². The summed E-state index contributed by atoms with van der Waals surface area (Å²) in [4.78, 5) is 4.59. The van der Waals surface area contributed by atoms with Gasteiger partial charge in [-0.15, -0.1) is 21.5 Å². The molecule has 0 N–H and O–H groups in total. The van der Waals surface area contributed by atoms with Gasteiger partial charge >= 0.3 is 0 Å². The van der Waals surface area contributed by atoms with Gasteiger partial charge in [0.05, 0.1) is 21.0 Å². The Morgan fingerprint density at radius 2 is 1.92 bits per heavy atom. The molecular formula is C17H12ClN3O2S2. The number of nitrogens with zero attached hydrogens (tertiary/aromatic N) is 3. The van der Waals surface area contributed by atoms with E-state index >= 15 is 0 Å². The molecule has 2 heterocycles. The number of ether oxygens (including phenoxy) is 1. The van der Waals surface area contributed by atoms with Crippen molar-refractivity contribution in [3.8, 4) is 5.75 Å². The van der Waals surface area contributed by atoms with E-state index in [1.54, 1.807) is 23.5 Å². The van der Waals surface area contributed by atoms with Gasteiger partial charge < -0.3 is 9.15 Å². The predicted octanol–water partition coefficient (Wildman–Crippen LogP) is 5.20. The molecule has 0 aliphatic heterocycles. The molecule has 0 radical (unpaired) electrons. The maximum absolute atomic E-state index is 6.05. The minimum atomic E-state index is 0.179. The highest BCUT2D eigenvalue weighted by Gasteiger charge is 2.10. The lowest BCUT2D eigenvalue weighted by atomic mass is 10.3. The molecule has 0 bridgehead atoms. The highest BCUT2D eigenvalue weighted by atomic mass is 35.5. The predicted molar refractivity (Wildman–Crippen MR) is 99.3 cm³/mol. The maximum Gasteiger partial charge on any atom is 0.277 e. The van der Waals surface area contributed by atoms with Crippen LogP contribution in [-0.4, -0.2) is 15.2 Å². The second kappa shape index (κ2) is 7.43. The molecule has 4 aromatic rings. The molecule has 126 valence electrons. The van der Waals surface area contributed by atoms with Gasteiger partial charge in [0, 0.05) is 0 Å². The summed E-state index contributed by atoms with van der Waals surface area (Å²) < 4.78 is 12.4. The average molecular weight is 390 g/mol. The van der Waals surface area contributed by atoms with Crippen molar-refractivity contribution in [2.24, 2.45) is 0 Å². The lowest BCUT2D eigenvalue weighted by Crippen LogP contribution is -1.95. The normalized spacial score (nSPS) is 11.1. The molecule has 25 heavy (non-hydrogen) atoms. The zero-order valence-corrected chi connectivity index (χ0v) is 15.3. The minimum absolute atomic E-state index is 0.179. The highest BCUT2D eigenvalue weighted by molar-refractivity contribution is 7.98. The largest absolute Gasteiger partial charge is 0.482 e. The van der Waals surface area contributed by atoms with E-state index in [9.17, 15) is 0 Å². The van der Waals surface area contributed by atoms with Gasteiger partial charge in [-0.3, -0.25) is 0 Å². The van der Waals surface area contributed by atoms with Crippen LogP contribution in [0.3, 0.4) is 0 Å². The topological polar surface area (TPSA) is 61.0 Å². The zero-order chi connectivity index (χ0) is 17.1. The molecule has 2 aromatic heterocycles. The molecule has 0 saturated heterocycles. The Kier molecular flexibility index (Phi) is 4.87. The molecule has 0 saturated carbocycles. The number of rotatable bonds is 6. The third-order valence-corrected chi connectivity index (χ3v) is 5.65. The van der Waals surface area contributed by atoms with Gasteiger partial charge in [-0.25, -0.2) is 4.98 Å². The maximum atomic E-state index is 6.05. The Hall–Kier alpha value is -2.09. The number of benzene rings is 2. The highest BCUT2D eigenvalue weighted by Crippen LogP contribution is 2.28. The van der Waals surface area contributed by atoms with Gasteiger partial charge in [-0.05, 0) is 24.3 Å². The summed E-state index contributed by atoms with van der Waals surface area (Å²) in [5.41, 5.74) is 1.02. The summed E-state index contributed by atoms with van der Waals surface area (Å²) in [5.74, 6) is 1.68. The van der Waals surface area contributed by atoms with Crippen molar-refractivity contribution in [3.05, 3.63) is 64.5 Å². The molecule has 2 aromatic carbocycles.